The number of guanidine groups is 1. The number of nitrogens with one attached hydrogen (secondary N) is 1. The average molecular weight is 751 g/mol. The summed E-state index contributed by atoms with van der Waals surface area (Å²) in [5.74, 6) is -3.55. The van der Waals surface area contributed by atoms with Gasteiger partial charge >= 0.3 is 19.1 Å². The van der Waals surface area contributed by atoms with E-state index in [1.165, 1.54) is 37.2 Å². The molecule has 18 heteroatoms. The molecule has 0 aliphatic carbocycles. The van der Waals surface area contributed by atoms with E-state index in [0.29, 0.717) is 21.5 Å². The number of anilines is 1. The van der Waals surface area contributed by atoms with Crippen molar-refractivity contribution >= 4 is 23.5 Å². The fourth-order valence-corrected chi connectivity index (χ4v) is 5.91. The molecule has 284 valence electrons. The lowest BCUT2D eigenvalue weighted by Crippen LogP contribution is -2.39. The molecular weight excluding hydrogens is 713 g/mol. The van der Waals surface area contributed by atoms with Crippen LogP contribution in [0.15, 0.2) is 61.2 Å². The van der Waals surface area contributed by atoms with E-state index < -0.39 is 90.5 Å². The van der Waals surface area contributed by atoms with E-state index in [1.54, 1.807) is 24.3 Å². The van der Waals surface area contributed by atoms with Crippen molar-refractivity contribution in [1.29, 1.82) is 5.41 Å². The van der Waals surface area contributed by atoms with Crippen molar-refractivity contribution in [3.63, 3.8) is 0 Å². The van der Waals surface area contributed by atoms with E-state index in [-0.39, 0.29) is 16.7 Å². The molecule has 1 fully saturated rings. The highest BCUT2D eigenvalue weighted by molar-refractivity contribution is 6.15. The molecule has 4 aromatic rings. The molecule has 1 aliphatic rings. The zero-order chi connectivity index (χ0) is 39.0. The zero-order valence-corrected chi connectivity index (χ0v) is 29.3. The Morgan fingerprint density at radius 3 is 2.21 bits per heavy atom. The summed E-state index contributed by atoms with van der Waals surface area (Å²) in [6, 6.07) is 7.28. The minimum absolute atomic E-state index is 0.0481. The van der Waals surface area contributed by atoms with Gasteiger partial charge in [-0.3, -0.25) is 24.8 Å². The Morgan fingerprint density at radius 2 is 1.62 bits per heavy atom. The smallest absolute Gasteiger partial charge is 0.335 e. The number of benzene rings is 2. The third kappa shape index (κ3) is 8.36. The molecule has 1 saturated heterocycles. The number of rotatable bonds is 13. The Morgan fingerprint density at radius 1 is 0.943 bits per heavy atom. The maximum absolute atomic E-state index is 15.2. The summed E-state index contributed by atoms with van der Waals surface area (Å²) in [5, 5.41) is 16.4. The van der Waals surface area contributed by atoms with Crippen LogP contribution in [0.3, 0.4) is 0 Å². The van der Waals surface area contributed by atoms with Crippen LogP contribution in [0.2, 0.25) is 0 Å². The maximum atomic E-state index is 15.2. The Hall–Kier alpha value is -5.29. The first-order valence-corrected chi connectivity index (χ1v) is 16.3. The van der Waals surface area contributed by atoms with Crippen LogP contribution in [-0.4, -0.2) is 66.4 Å². The van der Waals surface area contributed by atoms with Gasteiger partial charge in [0.15, 0.2) is 5.82 Å². The summed E-state index contributed by atoms with van der Waals surface area (Å²) in [6.45, 7) is 1.28. The molecule has 53 heavy (non-hydrogen) atoms. The summed E-state index contributed by atoms with van der Waals surface area (Å²) in [7, 11) is 0. The van der Waals surface area contributed by atoms with Crippen molar-refractivity contribution in [3.05, 3.63) is 72.6 Å². The number of carbonyl (C=O) groups is 2. The predicted molar refractivity (Wildman–Crippen MR) is 179 cm³/mol. The fraction of sp³-hybridized carbons (Fsp3) is 0.429. The van der Waals surface area contributed by atoms with Gasteiger partial charge in [0.05, 0.1) is 24.2 Å². The monoisotopic (exact) mass is 750 g/mol. The Kier molecular flexibility index (Phi) is 11.0. The quantitative estimate of drug-likeness (QED) is 0.108. The zero-order valence-electron chi connectivity index (χ0n) is 29.3. The van der Waals surface area contributed by atoms with Crippen LogP contribution in [0.4, 0.5) is 36.4 Å². The summed E-state index contributed by atoms with van der Waals surface area (Å²) in [4.78, 5) is 33.6. The van der Waals surface area contributed by atoms with E-state index in [2.05, 4.69) is 15.2 Å². The second-order valence-corrected chi connectivity index (χ2v) is 14.4. The normalized spacial score (nSPS) is 16.1. The van der Waals surface area contributed by atoms with Crippen molar-refractivity contribution in [2.45, 2.75) is 79.1 Å². The second kappa shape index (κ2) is 15.0. The third-order valence-corrected chi connectivity index (χ3v) is 8.66. The van der Waals surface area contributed by atoms with Gasteiger partial charge in [0.2, 0.25) is 12.4 Å². The molecule has 1 amide bonds. The van der Waals surface area contributed by atoms with Crippen LogP contribution in [-0.2, 0) is 14.3 Å². The van der Waals surface area contributed by atoms with Crippen LogP contribution >= 0.6 is 0 Å². The molecule has 5 rings (SSSR count). The van der Waals surface area contributed by atoms with Crippen LogP contribution < -0.4 is 4.90 Å². The van der Waals surface area contributed by atoms with Gasteiger partial charge < -0.3 is 4.74 Å². The number of carbonyl (C=O) groups excluding carboxylic acids is 2. The molecule has 1 aliphatic heterocycles. The highest BCUT2D eigenvalue weighted by Gasteiger charge is 2.48. The summed E-state index contributed by atoms with van der Waals surface area (Å²) in [5.41, 5.74) is -1.34. The van der Waals surface area contributed by atoms with Gasteiger partial charge in [0.25, 0.3) is 5.91 Å². The van der Waals surface area contributed by atoms with Crippen molar-refractivity contribution in [1.82, 2.24) is 29.4 Å². The first-order chi connectivity index (χ1) is 24.8. The first kappa shape index (κ1) is 38.9. The Bertz CT molecular complexity index is 1960. The average Bonchev–Trinajstić information content (AvgIpc) is 3.81. The van der Waals surface area contributed by atoms with Gasteiger partial charge in [0, 0.05) is 22.9 Å². The third-order valence-electron chi connectivity index (χ3n) is 8.66. The van der Waals surface area contributed by atoms with Crippen LogP contribution in [0.5, 0.6) is 0 Å². The van der Waals surface area contributed by atoms with Crippen molar-refractivity contribution in [3.8, 4) is 22.5 Å². The molecule has 0 saturated carbocycles. The molecule has 0 radical (unpaired) electrons. The lowest BCUT2D eigenvalue weighted by molar-refractivity contribution is -0.151. The Balaban J connectivity index is 1.57. The van der Waals surface area contributed by atoms with Gasteiger partial charge in [-0.25, -0.2) is 22.8 Å². The number of halogens is 7. The number of nitrogens with zero attached hydrogens (tertiary/aromatic N) is 7. The van der Waals surface area contributed by atoms with Crippen molar-refractivity contribution < 1.29 is 45.1 Å². The fourth-order valence-electron chi connectivity index (χ4n) is 5.91. The molecule has 0 spiro atoms. The number of hydrogen-bond donors (Lipinski definition) is 1. The van der Waals surface area contributed by atoms with Gasteiger partial charge in [-0.2, -0.15) is 32.4 Å². The number of alkyl halides is 6. The molecule has 0 unspecified atom stereocenters. The number of hydrogen-bond acceptors (Lipinski definition) is 7. The molecule has 1 N–H and O–H groups in total. The molecular formula is C35H37F7N8O3. The second-order valence-electron chi connectivity index (χ2n) is 14.4. The van der Waals surface area contributed by atoms with Crippen LogP contribution in [0, 0.1) is 22.1 Å². The lowest BCUT2D eigenvalue weighted by Gasteiger charge is -2.30. The van der Waals surface area contributed by atoms with Gasteiger partial charge in [-0.05, 0) is 47.2 Å². The SMILES string of the molecule is CC(C)(C)C[C@H]1C(=O)N([C@H](COC(=O)CC(C)(C)C(F)F)c2ccc(F)c(-c3ncnn3C(F)F)c2)C(=N)N1c1ccc(-c2cnn(C(F)F)c2)cc1. The van der Waals surface area contributed by atoms with E-state index in [1.807, 2.05) is 20.8 Å². The standard InChI is InChI=1S/C35H37F7N8O3/c1-34(2,3)13-25-29(52)49(33(43)48(25)22-9-6-19(7-10-22)21-15-45-47(16-21)31(39)40)26(17-53-27(51)14-35(4,5)30(37)38)20-8-11-24(36)23(12-20)28-44-18-46-50(28)32(41)42/h6-12,15-16,18,25-26,30-32,43H,13-14,17H2,1-5H3/t25-,26+/m0/s1. The van der Waals surface area contributed by atoms with E-state index in [0.717, 1.165) is 23.4 Å². The summed E-state index contributed by atoms with van der Waals surface area (Å²) < 4.78 is 102. The highest BCUT2D eigenvalue weighted by atomic mass is 19.3. The molecule has 0 bridgehead atoms. The number of ether oxygens (including phenoxy) is 1. The van der Waals surface area contributed by atoms with E-state index >= 15 is 4.39 Å². The van der Waals surface area contributed by atoms with Crippen LogP contribution in [0.25, 0.3) is 22.5 Å². The predicted octanol–water partition coefficient (Wildman–Crippen LogP) is 8.09. The first-order valence-electron chi connectivity index (χ1n) is 16.3. The largest absolute Gasteiger partial charge is 0.463 e. The lowest BCUT2D eigenvalue weighted by atomic mass is 9.87. The molecule has 3 heterocycles. The molecule has 11 nitrogen and oxygen atoms in total. The molecule has 2 atom stereocenters. The van der Waals surface area contributed by atoms with E-state index in [9.17, 15) is 41.3 Å². The number of esters is 1. The minimum atomic E-state index is -3.18. The van der Waals surface area contributed by atoms with Crippen LogP contribution in [0.1, 0.15) is 72.2 Å². The Labute approximate surface area is 299 Å². The number of aromatic nitrogens is 5. The van der Waals surface area contributed by atoms with E-state index in [4.69, 9.17) is 4.74 Å². The minimum Gasteiger partial charge on any atom is -0.463 e. The topological polar surface area (TPSA) is 122 Å². The van der Waals surface area contributed by atoms with Gasteiger partial charge in [-0.1, -0.05) is 52.8 Å². The summed E-state index contributed by atoms with van der Waals surface area (Å²) in [6.07, 6.45) is -0.125. The van der Waals surface area contributed by atoms with Gasteiger partial charge in [-0.15, -0.1) is 0 Å². The number of amides is 1. The van der Waals surface area contributed by atoms with Crippen molar-refractivity contribution in [2.75, 3.05) is 11.5 Å². The maximum Gasteiger partial charge on any atom is 0.335 e. The molecule has 2 aromatic carbocycles. The highest BCUT2D eigenvalue weighted by Crippen LogP contribution is 2.39. The van der Waals surface area contributed by atoms with Crippen molar-refractivity contribution in [2.24, 2.45) is 10.8 Å². The summed E-state index contributed by atoms with van der Waals surface area (Å²) >= 11 is 0. The van der Waals surface area contributed by atoms with Gasteiger partial charge in [0.1, 0.15) is 24.8 Å². The molecule has 2 aromatic heterocycles.